The van der Waals surface area contributed by atoms with Crippen LogP contribution in [0.15, 0.2) is 42.5 Å². The third kappa shape index (κ3) is 4.56. The van der Waals surface area contributed by atoms with Crippen molar-refractivity contribution in [2.75, 3.05) is 13.7 Å². The fourth-order valence-corrected chi connectivity index (χ4v) is 3.31. The van der Waals surface area contributed by atoms with Crippen LogP contribution in [0.1, 0.15) is 24.1 Å². The number of rotatable bonds is 6. The van der Waals surface area contributed by atoms with Gasteiger partial charge in [-0.1, -0.05) is 24.3 Å². The van der Waals surface area contributed by atoms with Crippen molar-refractivity contribution in [1.82, 2.24) is 10.2 Å². The number of halogens is 2. The number of nitrogens with zero attached hydrogens (tertiary/aromatic N) is 1. The normalized spacial score (nSPS) is 15.9. The minimum absolute atomic E-state index is 0.151. The number of carbonyl (C=O) groups excluding carboxylic acids is 3. The minimum atomic E-state index is -0.966. The molecule has 0 aliphatic carbocycles. The molecule has 0 unspecified atom stereocenters. The molecule has 3 rings (SSSR count). The molecule has 0 aromatic heterocycles. The average molecular weight is 418 g/mol. The van der Waals surface area contributed by atoms with Crippen molar-refractivity contribution in [3.8, 4) is 5.75 Å². The first-order valence-corrected chi connectivity index (χ1v) is 9.14. The number of methoxy groups -OCH3 is 1. The molecule has 0 fully saturated rings. The van der Waals surface area contributed by atoms with Crippen LogP contribution in [0.25, 0.3) is 0 Å². The molecular formula is C21H20F2N2O5. The Hall–Kier alpha value is -3.49. The summed E-state index contributed by atoms with van der Waals surface area (Å²) in [5, 5.41) is 2.47. The van der Waals surface area contributed by atoms with Crippen molar-refractivity contribution in [3.05, 3.63) is 65.2 Å². The number of benzene rings is 2. The molecule has 0 spiro atoms. The average Bonchev–Trinajstić information content (AvgIpc) is 3.10. The third-order valence-corrected chi connectivity index (χ3v) is 4.66. The predicted molar refractivity (Wildman–Crippen MR) is 101 cm³/mol. The molecule has 0 bridgehead atoms. The van der Waals surface area contributed by atoms with Crippen LogP contribution in [0.3, 0.4) is 0 Å². The molecule has 7 nitrogen and oxygen atoms in total. The van der Waals surface area contributed by atoms with Crippen molar-refractivity contribution in [3.63, 3.8) is 0 Å². The van der Waals surface area contributed by atoms with E-state index in [9.17, 15) is 23.2 Å². The topological polar surface area (TPSA) is 84.9 Å². The molecule has 2 amide bonds. The Kier molecular flexibility index (Phi) is 6.29. The van der Waals surface area contributed by atoms with Crippen LogP contribution in [-0.2, 0) is 25.7 Å². The molecule has 2 atom stereocenters. The van der Waals surface area contributed by atoms with Crippen LogP contribution < -0.4 is 10.1 Å². The van der Waals surface area contributed by atoms with Crippen LogP contribution in [0.5, 0.6) is 5.75 Å². The molecule has 9 heteroatoms. The lowest BCUT2D eigenvalue weighted by Gasteiger charge is -2.26. The molecule has 1 heterocycles. The highest BCUT2D eigenvalue weighted by Crippen LogP contribution is 2.34. The summed E-state index contributed by atoms with van der Waals surface area (Å²) in [6.45, 7) is 1.13. The van der Waals surface area contributed by atoms with Gasteiger partial charge in [-0.15, -0.1) is 0 Å². The van der Waals surface area contributed by atoms with E-state index in [1.165, 1.54) is 18.9 Å². The highest BCUT2D eigenvalue weighted by molar-refractivity contribution is 5.92. The lowest BCUT2D eigenvalue weighted by molar-refractivity contribution is -0.153. The Morgan fingerprint density at radius 3 is 2.50 bits per heavy atom. The zero-order valence-corrected chi connectivity index (χ0v) is 16.4. The maximum atomic E-state index is 13.2. The van der Waals surface area contributed by atoms with Crippen molar-refractivity contribution in [2.45, 2.75) is 25.6 Å². The van der Waals surface area contributed by atoms with Crippen molar-refractivity contribution < 1.29 is 32.6 Å². The fourth-order valence-electron chi connectivity index (χ4n) is 3.31. The van der Waals surface area contributed by atoms with Gasteiger partial charge in [0.2, 0.25) is 5.91 Å². The van der Waals surface area contributed by atoms with Gasteiger partial charge in [0.05, 0.1) is 7.11 Å². The van der Waals surface area contributed by atoms with Crippen LogP contribution in [0.4, 0.5) is 8.78 Å². The summed E-state index contributed by atoms with van der Waals surface area (Å²) in [6.07, 6.45) is 0. The fraction of sp³-hybridized carbons (Fsp3) is 0.286. The highest BCUT2D eigenvalue weighted by Gasteiger charge is 2.40. The third-order valence-electron chi connectivity index (χ3n) is 4.66. The van der Waals surface area contributed by atoms with E-state index >= 15 is 0 Å². The summed E-state index contributed by atoms with van der Waals surface area (Å²) in [5.41, 5.74) is 1.49. The molecule has 0 saturated carbocycles. The molecule has 158 valence electrons. The van der Waals surface area contributed by atoms with Crippen molar-refractivity contribution in [1.29, 1.82) is 0 Å². The smallest absolute Gasteiger partial charge is 0.333 e. The Balaban J connectivity index is 1.63. The summed E-state index contributed by atoms with van der Waals surface area (Å²) >= 11 is 0. The highest BCUT2D eigenvalue weighted by atomic mass is 19.1. The first kappa shape index (κ1) is 21.2. The monoisotopic (exact) mass is 418 g/mol. The number of esters is 1. The SMILES string of the molecule is COC(=O)[C@@H]1c2ccccc2CN1C(=O)[C@H](C)NC(=O)COc1cc(F)cc(F)c1. The molecule has 1 aliphatic rings. The van der Waals surface area contributed by atoms with Crippen molar-refractivity contribution in [2.24, 2.45) is 0 Å². The summed E-state index contributed by atoms with van der Waals surface area (Å²) < 4.78 is 36.3. The summed E-state index contributed by atoms with van der Waals surface area (Å²) in [6, 6.07) is 7.82. The van der Waals surface area contributed by atoms with E-state index in [1.54, 1.807) is 18.2 Å². The number of hydrogen-bond acceptors (Lipinski definition) is 5. The molecule has 1 aliphatic heterocycles. The van der Waals surface area contributed by atoms with Gasteiger partial charge in [0.15, 0.2) is 12.6 Å². The quantitative estimate of drug-likeness (QED) is 0.727. The van der Waals surface area contributed by atoms with Gasteiger partial charge in [0.25, 0.3) is 5.91 Å². The van der Waals surface area contributed by atoms with E-state index in [-0.39, 0.29) is 12.3 Å². The second-order valence-electron chi connectivity index (χ2n) is 6.77. The van der Waals surface area contributed by atoms with Gasteiger partial charge in [-0.05, 0) is 18.1 Å². The van der Waals surface area contributed by atoms with E-state index in [0.717, 1.165) is 17.7 Å². The Morgan fingerprint density at radius 2 is 1.83 bits per heavy atom. The number of carbonyl (C=O) groups is 3. The van der Waals surface area contributed by atoms with Gasteiger partial charge in [0, 0.05) is 24.7 Å². The summed E-state index contributed by atoms with van der Waals surface area (Å²) in [7, 11) is 1.24. The number of nitrogens with one attached hydrogen (secondary N) is 1. The molecule has 2 aromatic carbocycles. The number of fused-ring (bicyclic) bond motifs is 1. The van der Waals surface area contributed by atoms with Crippen LogP contribution in [0.2, 0.25) is 0 Å². The van der Waals surface area contributed by atoms with Gasteiger partial charge in [-0.25, -0.2) is 13.6 Å². The lowest BCUT2D eigenvalue weighted by atomic mass is 10.1. The van der Waals surface area contributed by atoms with E-state index < -0.39 is 48.1 Å². The summed E-state index contributed by atoms with van der Waals surface area (Å²) in [4.78, 5) is 38.6. The van der Waals surface area contributed by atoms with E-state index in [1.807, 2.05) is 6.07 Å². The van der Waals surface area contributed by atoms with Crippen LogP contribution in [0, 0.1) is 11.6 Å². The molecule has 0 radical (unpaired) electrons. The van der Waals surface area contributed by atoms with Gasteiger partial charge in [-0.2, -0.15) is 0 Å². The second kappa shape index (κ2) is 8.89. The summed E-state index contributed by atoms with van der Waals surface area (Å²) in [5.74, 6) is -3.54. The Morgan fingerprint density at radius 1 is 1.17 bits per heavy atom. The zero-order chi connectivity index (χ0) is 21.8. The van der Waals surface area contributed by atoms with E-state index in [2.05, 4.69) is 5.32 Å². The first-order valence-electron chi connectivity index (χ1n) is 9.14. The number of amides is 2. The van der Waals surface area contributed by atoms with Crippen molar-refractivity contribution >= 4 is 17.8 Å². The Labute approximate surface area is 171 Å². The second-order valence-corrected chi connectivity index (χ2v) is 6.77. The molecule has 0 saturated heterocycles. The van der Waals surface area contributed by atoms with Gasteiger partial charge in [-0.3, -0.25) is 9.59 Å². The minimum Gasteiger partial charge on any atom is -0.484 e. The van der Waals surface area contributed by atoms with Crippen LogP contribution >= 0.6 is 0 Å². The zero-order valence-electron chi connectivity index (χ0n) is 16.4. The molecule has 1 N–H and O–H groups in total. The van der Waals surface area contributed by atoms with E-state index in [0.29, 0.717) is 11.6 Å². The maximum absolute atomic E-state index is 13.2. The number of ether oxygens (including phenoxy) is 2. The number of hydrogen-bond donors (Lipinski definition) is 1. The predicted octanol–water partition coefficient (Wildman–Crippen LogP) is 2.10. The molecule has 30 heavy (non-hydrogen) atoms. The van der Waals surface area contributed by atoms with Crippen LogP contribution in [-0.4, -0.2) is 42.4 Å². The Bertz CT molecular complexity index is 961. The van der Waals surface area contributed by atoms with Gasteiger partial charge < -0.3 is 19.7 Å². The first-order chi connectivity index (χ1) is 14.3. The van der Waals surface area contributed by atoms with Gasteiger partial charge >= 0.3 is 5.97 Å². The maximum Gasteiger partial charge on any atom is 0.333 e. The molecule has 2 aromatic rings. The van der Waals surface area contributed by atoms with Gasteiger partial charge in [0.1, 0.15) is 23.4 Å². The largest absolute Gasteiger partial charge is 0.484 e. The van der Waals surface area contributed by atoms with E-state index in [4.69, 9.17) is 9.47 Å². The molecular weight excluding hydrogens is 398 g/mol. The lowest BCUT2D eigenvalue weighted by Crippen LogP contribution is -2.48. The standard InChI is InChI=1S/C21H20F2N2O5/c1-12(24-18(26)11-30-16-8-14(22)7-15(23)9-16)20(27)25-10-13-5-3-4-6-17(13)19(25)21(28)29-2/h3-9,12,19H,10-11H2,1-2H3,(H,24,26)/t12-,19-/m0/s1.